The fourth-order valence-corrected chi connectivity index (χ4v) is 0. The molecule has 1 heteroatoms. The van der Waals surface area contributed by atoms with Crippen LogP contribution in [0.25, 0.3) is 0 Å². The number of hydrogen-bond donors (Lipinski definition) is 0. The third kappa shape index (κ3) is 3430. The SMILES string of the molecule is CCC.CCC.C[C](C)=[Ni]. The fraction of sp³-hybridized carbons (Fsp3) is 0.889. The Labute approximate surface area is 74.3 Å². The van der Waals surface area contributed by atoms with Crippen molar-refractivity contribution in [1.29, 1.82) is 0 Å². The van der Waals surface area contributed by atoms with E-state index in [4.69, 9.17) is 0 Å². The zero-order valence-electron chi connectivity index (χ0n) is 8.23. The second-order valence-electron chi connectivity index (χ2n) is 2.23. The summed E-state index contributed by atoms with van der Waals surface area (Å²) in [5.74, 6) is 0. The molecule has 0 saturated carbocycles. The van der Waals surface area contributed by atoms with Gasteiger partial charge in [0.2, 0.25) is 0 Å². The Bertz CT molecular complexity index is 42.7. The van der Waals surface area contributed by atoms with Crippen LogP contribution in [0.2, 0.25) is 0 Å². The standard InChI is InChI=1S/2C3H8.C3H6.Ni/c3*1-3-2;/h2*3H2,1-2H3;1-2H3;. The Hall–Kier alpha value is 0.364. The van der Waals surface area contributed by atoms with Crippen LogP contribution in [0.1, 0.15) is 54.4 Å². The first-order valence-corrected chi connectivity index (χ1v) is 4.48. The second kappa shape index (κ2) is 22.8. The monoisotopic (exact) mass is 188 g/mol. The van der Waals surface area contributed by atoms with Crippen LogP contribution in [0.5, 0.6) is 0 Å². The Morgan fingerprint density at radius 2 is 0.900 bits per heavy atom. The molecule has 0 N–H and O–H groups in total. The van der Waals surface area contributed by atoms with Gasteiger partial charge in [0, 0.05) is 0 Å². The average Bonchev–Trinajstić information content (AvgIpc) is 1.65. The van der Waals surface area contributed by atoms with E-state index in [-0.39, 0.29) is 0 Å². The topological polar surface area (TPSA) is 0 Å². The maximum atomic E-state index is 4.29. The Morgan fingerprint density at radius 3 is 0.900 bits per heavy atom. The Morgan fingerprint density at radius 1 is 0.900 bits per heavy atom. The van der Waals surface area contributed by atoms with E-state index in [9.17, 15) is 0 Å². The minimum absolute atomic E-state index is 1.04. The molecule has 0 amide bonds. The van der Waals surface area contributed by atoms with Gasteiger partial charge in [0.15, 0.2) is 0 Å². The van der Waals surface area contributed by atoms with E-state index in [1.54, 1.807) is 0 Å². The van der Waals surface area contributed by atoms with E-state index in [2.05, 4.69) is 42.7 Å². The van der Waals surface area contributed by atoms with Crippen molar-refractivity contribution in [1.82, 2.24) is 0 Å². The zero-order valence-corrected chi connectivity index (χ0v) is 9.22. The van der Waals surface area contributed by atoms with Crippen molar-refractivity contribution in [2.45, 2.75) is 54.4 Å². The van der Waals surface area contributed by atoms with Gasteiger partial charge in [0.05, 0.1) is 0 Å². The van der Waals surface area contributed by atoms with Gasteiger partial charge in [-0.05, 0) is 0 Å². The molecule has 0 aliphatic heterocycles. The molecule has 68 valence electrons. The van der Waals surface area contributed by atoms with Crippen LogP contribution in [0, 0.1) is 0 Å². The predicted octanol–water partition coefficient (Wildman–Crippen LogP) is 3.58. The van der Waals surface area contributed by atoms with Gasteiger partial charge >= 0.3 is 33.4 Å². The fourth-order valence-electron chi connectivity index (χ4n) is 0. The van der Waals surface area contributed by atoms with Crippen molar-refractivity contribution in [3.63, 3.8) is 0 Å². The quantitative estimate of drug-likeness (QED) is 0.510. The molecular formula is C9H22Ni. The zero-order chi connectivity index (χ0) is 8.99. The van der Waals surface area contributed by atoms with Gasteiger partial charge in [0.1, 0.15) is 0 Å². The molecular weight excluding hydrogens is 167 g/mol. The van der Waals surface area contributed by atoms with Crippen LogP contribution >= 0.6 is 0 Å². The van der Waals surface area contributed by atoms with Gasteiger partial charge in [-0.25, -0.2) is 0 Å². The van der Waals surface area contributed by atoms with E-state index in [1.165, 1.54) is 12.8 Å². The Kier molecular flexibility index (Phi) is 38.2. The van der Waals surface area contributed by atoms with Gasteiger partial charge < -0.3 is 0 Å². The molecule has 0 aromatic rings. The van der Waals surface area contributed by atoms with E-state index >= 15 is 0 Å². The van der Waals surface area contributed by atoms with Gasteiger partial charge in [-0.1, -0.05) is 40.5 Å². The normalized spacial score (nSPS) is 6.40. The third-order valence-electron chi connectivity index (χ3n) is 0. The molecule has 10 heavy (non-hydrogen) atoms. The summed E-state index contributed by atoms with van der Waals surface area (Å²) in [6.07, 6.45) is 2.50. The minimum atomic E-state index is 1.04. The van der Waals surface area contributed by atoms with Crippen LogP contribution in [0.15, 0.2) is 0 Å². The van der Waals surface area contributed by atoms with Crippen molar-refractivity contribution in [2.24, 2.45) is 0 Å². The molecule has 0 aliphatic carbocycles. The van der Waals surface area contributed by atoms with Crippen LogP contribution in [0.3, 0.4) is 0 Å². The van der Waals surface area contributed by atoms with Crippen molar-refractivity contribution >= 4 is 4.49 Å². The molecule has 0 aromatic carbocycles. The average molecular weight is 189 g/mol. The van der Waals surface area contributed by atoms with Gasteiger partial charge in [-0.15, -0.1) is 0 Å². The van der Waals surface area contributed by atoms with E-state index < -0.39 is 0 Å². The van der Waals surface area contributed by atoms with Crippen LogP contribution < -0.4 is 0 Å². The first kappa shape index (κ1) is 16.8. The molecule has 0 aromatic heterocycles. The van der Waals surface area contributed by atoms with Crippen molar-refractivity contribution in [3.05, 3.63) is 0 Å². The summed E-state index contributed by atoms with van der Waals surface area (Å²) < 4.78 is 1.04. The Balaban J connectivity index is -0.0000000750. The summed E-state index contributed by atoms with van der Waals surface area (Å²) in [5, 5.41) is 0. The molecule has 0 saturated heterocycles. The molecule has 0 rings (SSSR count). The van der Waals surface area contributed by atoms with Crippen LogP contribution in [-0.4, -0.2) is 4.49 Å². The molecule has 0 radical (unpaired) electrons. The summed E-state index contributed by atoms with van der Waals surface area (Å²) in [4.78, 5) is 0. The van der Waals surface area contributed by atoms with E-state index in [0.29, 0.717) is 0 Å². The molecule has 0 heterocycles. The molecule has 0 atom stereocenters. The molecule has 0 fully saturated rings. The first-order chi connectivity index (χ1) is 4.56. The molecule has 0 unspecified atom stereocenters. The van der Waals surface area contributed by atoms with Gasteiger partial charge in [-0.3, -0.25) is 0 Å². The predicted molar refractivity (Wildman–Crippen MR) is 48.3 cm³/mol. The van der Waals surface area contributed by atoms with Crippen molar-refractivity contribution < 1.29 is 15.0 Å². The molecule has 0 nitrogen and oxygen atoms in total. The number of hydrogen-bond acceptors (Lipinski definition) is 0. The van der Waals surface area contributed by atoms with Crippen molar-refractivity contribution in [2.75, 3.05) is 0 Å². The van der Waals surface area contributed by atoms with Crippen LogP contribution in [-0.2, 0) is 15.0 Å². The van der Waals surface area contributed by atoms with Crippen molar-refractivity contribution in [3.8, 4) is 0 Å². The summed E-state index contributed by atoms with van der Waals surface area (Å²) >= 11 is 4.29. The maximum absolute atomic E-state index is 4.29. The summed E-state index contributed by atoms with van der Waals surface area (Å²) in [7, 11) is 0. The molecule has 0 spiro atoms. The van der Waals surface area contributed by atoms with E-state index in [1.807, 2.05) is 13.8 Å². The second-order valence-corrected chi connectivity index (χ2v) is 3.22. The summed E-state index contributed by atoms with van der Waals surface area (Å²) in [6.45, 7) is 12.3. The summed E-state index contributed by atoms with van der Waals surface area (Å²) in [6, 6.07) is 0. The molecule has 0 bridgehead atoms. The first-order valence-electron chi connectivity index (χ1n) is 3.99. The van der Waals surface area contributed by atoms with Gasteiger partial charge in [-0.2, -0.15) is 0 Å². The van der Waals surface area contributed by atoms with E-state index in [0.717, 1.165) is 4.49 Å². The van der Waals surface area contributed by atoms with Gasteiger partial charge in [0.25, 0.3) is 0 Å². The summed E-state index contributed by atoms with van der Waals surface area (Å²) in [5.41, 5.74) is 0. The number of rotatable bonds is 0. The van der Waals surface area contributed by atoms with Crippen LogP contribution in [0.4, 0.5) is 0 Å². The molecule has 0 aliphatic rings. The third-order valence-corrected chi connectivity index (χ3v) is 0.